The van der Waals surface area contributed by atoms with Crippen LogP contribution in [0.3, 0.4) is 0 Å². The van der Waals surface area contributed by atoms with Crippen molar-refractivity contribution in [1.82, 2.24) is 4.98 Å². The summed E-state index contributed by atoms with van der Waals surface area (Å²) in [7, 11) is 0. The zero-order chi connectivity index (χ0) is 9.97. The molecule has 0 saturated heterocycles. The van der Waals surface area contributed by atoms with Crippen LogP contribution in [-0.2, 0) is 0 Å². The van der Waals surface area contributed by atoms with Gasteiger partial charge in [-0.25, -0.2) is 4.98 Å². The summed E-state index contributed by atoms with van der Waals surface area (Å²) >= 11 is 0. The fraction of sp³-hybridized carbons (Fsp3) is 0.400. The van der Waals surface area contributed by atoms with Crippen molar-refractivity contribution in [3.05, 3.63) is 23.9 Å². The van der Waals surface area contributed by atoms with Crippen LogP contribution in [0.1, 0.15) is 18.4 Å². The van der Waals surface area contributed by atoms with Crippen LogP contribution < -0.4 is 10.5 Å². The summed E-state index contributed by atoms with van der Waals surface area (Å²) in [5.41, 5.74) is 6.19. The van der Waals surface area contributed by atoms with E-state index in [1.54, 1.807) is 18.3 Å². The lowest BCUT2D eigenvalue weighted by molar-refractivity contribution is 0.0958. The van der Waals surface area contributed by atoms with Crippen molar-refractivity contribution in [3.63, 3.8) is 0 Å². The van der Waals surface area contributed by atoms with E-state index >= 15 is 0 Å². The van der Waals surface area contributed by atoms with Crippen molar-refractivity contribution in [2.45, 2.75) is 25.0 Å². The molecule has 1 aromatic rings. The van der Waals surface area contributed by atoms with Crippen molar-refractivity contribution in [2.75, 3.05) is 0 Å². The van der Waals surface area contributed by atoms with Crippen LogP contribution in [0.25, 0.3) is 0 Å². The Morgan fingerprint density at radius 1 is 1.57 bits per heavy atom. The Bertz CT molecular complexity index is 366. The molecule has 0 bridgehead atoms. The Hall–Kier alpha value is -1.60. The first kappa shape index (κ1) is 8.97. The van der Waals surface area contributed by atoms with Gasteiger partial charge in [0.25, 0.3) is 0 Å². The fourth-order valence-corrected chi connectivity index (χ4v) is 1.42. The zero-order valence-electron chi connectivity index (χ0n) is 7.68. The summed E-state index contributed by atoms with van der Waals surface area (Å²) in [4.78, 5) is 4.02. The molecule has 0 radical (unpaired) electrons. The van der Waals surface area contributed by atoms with Crippen LogP contribution in [0.15, 0.2) is 18.3 Å². The Morgan fingerprint density at radius 2 is 2.36 bits per heavy atom. The minimum absolute atomic E-state index is 0.173. The molecule has 1 aliphatic carbocycles. The molecule has 1 saturated carbocycles. The van der Waals surface area contributed by atoms with Gasteiger partial charge in [0, 0.05) is 18.3 Å². The third kappa shape index (κ3) is 1.83. The second kappa shape index (κ2) is 3.64. The first-order valence-electron chi connectivity index (χ1n) is 4.56. The molecule has 2 N–H and O–H groups in total. The number of nitrogens with zero attached hydrogens (tertiary/aromatic N) is 2. The minimum Gasteiger partial charge on any atom is -0.474 e. The predicted octanol–water partition coefficient (Wildman–Crippen LogP) is 0.822. The monoisotopic (exact) mass is 189 g/mol. The van der Waals surface area contributed by atoms with Crippen LogP contribution in [-0.4, -0.2) is 17.1 Å². The molecule has 0 aliphatic heterocycles. The van der Waals surface area contributed by atoms with E-state index in [1.165, 1.54) is 0 Å². The van der Waals surface area contributed by atoms with Crippen LogP contribution in [0.5, 0.6) is 5.88 Å². The lowest BCUT2D eigenvalue weighted by Crippen LogP contribution is -2.43. The molecular formula is C10H11N3O. The Labute approximate surface area is 82.3 Å². The Morgan fingerprint density at radius 3 is 3.00 bits per heavy atom. The largest absolute Gasteiger partial charge is 0.474 e. The highest BCUT2D eigenvalue weighted by Gasteiger charge is 2.27. The summed E-state index contributed by atoms with van der Waals surface area (Å²) in [5.74, 6) is 0.515. The van der Waals surface area contributed by atoms with Crippen molar-refractivity contribution in [1.29, 1.82) is 5.26 Å². The van der Waals surface area contributed by atoms with Crippen LogP contribution in [0, 0.1) is 11.3 Å². The van der Waals surface area contributed by atoms with Gasteiger partial charge in [0.15, 0.2) is 0 Å². The highest BCUT2D eigenvalue weighted by atomic mass is 16.5. The van der Waals surface area contributed by atoms with Gasteiger partial charge in [-0.1, -0.05) is 0 Å². The van der Waals surface area contributed by atoms with E-state index in [-0.39, 0.29) is 12.1 Å². The van der Waals surface area contributed by atoms with Gasteiger partial charge in [0.1, 0.15) is 6.10 Å². The van der Waals surface area contributed by atoms with E-state index in [0.717, 1.165) is 12.8 Å². The second-order valence-corrected chi connectivity index (χ2v) is 3.47. The predicted molar refractivity (Wildman–Crippen MR) is 50.6 cm³/mol. The van der Waals surface area contributed by atoms with Gasteiger partial charge in [-0.2, -0.15) is 5.26 Å². The summed E-state index contributed by atoms with van der Waals surface area (Å²) in [5, 5.41) is 8.66. The number of aromatic nitrogens is 1. The summed E-state index contributed by atoms with van der Waals surface area (Å²) < 4.78 is 5.52. The van der Waals surface area contributed by atoms with Gasteiger partial charge >= 0.3 is 0 Å². The molecule has 0 aromatic carbocycles. The normalized spacial score (nSPS) is 24.9. The zero-order valence-corrected chi connectivity index (χ0v) is 7.68. The highest BCUT2D eigenvalue weighted by molar-refractivity contribution is 5.31. The summed E-state index contributed by atoms with van der Waals surface area (Å²) in [6.45, 7) is 0. The first-order valence-corrected chi connectivity index (χ1v) is 4.56. The fourth-order valence-electron chi connectivity index (χ4n) is 1.42. The SMILES string of the molecule is N#Cc1ccnc(OC2CC(N)C2)c1. The number of hydrogen-bond acceptors (Lipinski definition) is 4. The molecule has 0 amide bonds. The van der Waals surface area contributed by atoms with Gasteiger partial charge < -0.3 is 10.5 Å². The molecule has 14 heavy (non-hydrogen) atoms. The molecule has 4 nitrogen and oxygen atoms in total. The molecule has 0 spiro atoms. The molecule has 1 fully saturated rings. The lowest BCUT2D eigenvalue weighted by Gasteiger charge is -2.32. The first-order chi connectivity index (χ1) is 6.78. The second-order valence-electron chi connectivity index (χ2n) is 3.47. The van der Waals surface area contributed by atoms with Gasteiger partial charge in [0.2, 0.25) is 5.88 Å². The third-order valence-electron chi connectivity index (χ3n) is 2.28. The van der Waals surface area contributed by atoms with E-state index in [4.69, 9.17) is 15.7 Å². The number of nitriles is 1. The van der Waals surface area contributed by atoms with E-state index in [2.05, 4.69) is 4.98 Å². The molecule has 4 heteroatoms. The molecule has 72 valence electrons. The average Bonchev–Trinajstić information content (AvgIpc) is 2.16. The number of pyridine rings is 1. The van der Waals surface area contributed by atoms with Gasteiger partial charge in [-0.15, -0.1) is 0 Å². The molecule has 1 aromatic heterocycles. The smallest absolute Gasteiger partial charge is 0.214 e. The number of ether oxygens (including phenoxy) is 1. The van der Waals surface area contributed by atoms with Gasteiger partial charge in [-0.05, 0) is 18.9 Å². The maximum atomic E-state index is 8.66. The quantitative estimate of drug-likeness (QED) is 0.747. The summed E-state index contributed by atoms with van der Waals surface area (Å²) in [6.07, 6.45) is 3.50. The average molecular weight is 189 g/mol. The lowest BCUT2D eigenvalue weighted by atomic mass is 9.90. The molecule has 2 rings (SSSR count). The molecule has 1 aliphatic rings. The Kier molecular flexibility index (Phi) is 2.33. The molecule has 0 unspecified atom stereocenters. The number of hydrogen-bond donors (Lipinski definition) is 1. The Balaban J connectivity index is 2.00. The van der Waals surface area contributed by atoms with E-state index in [9.17, 15) is 0 Å². The molecule has 1 heterocycles. The highest BCUT2D eigenvalue weighted by Crippen LogP contribution is 2.23. The van der Waals surface area contributed by atoms with E-state index < -0.39 is 0 Å². The summed E-state index contributed by atoms with van der Waals surface area (Å²) in [6, 6.07) is 5.60. The van der Waals surface area contributed by atoms with Gasteiger partial charge in [0.05, 0.1) is 11.6 Å². The molecule has 0 atom stereocenters. The standard InChI is InChI=1S/C10H11N3O/c11-6-7-1-2-13-10(3-7)14-9-4-8(12)5-9/h1-3,8-9H,4-5,12H2. The van der Waals surface area contributed by atoms with Crippen molar-refractivity contribution < 1.29 is 4.74 Å². The maximum absolute atomic E-state index is 8.66. The van der Waals surface area contributed by atoms with Crippen molar-refractivity contribution in [2.24, 2.45) is 5.73 Å². The molecular weight excluding hydrogens is 178 g/mol. The number of rotatable bonds is 2. The van der Waals surface area contributed by atoms with Crippen LogP contribution >= 0.6 is 0 Å². The topological polar surface area (TPSA) is 71.9 Å². The third-order valence-corrected chi connectivity index (χ3v) is 2.28. The number of nitrogens with two attached hydrogens (primary N) is 1. The van der Waals surface area contributed by atoms with Crippen molar-refractivity contribution >= 4 is 0 Å². The van der Waals surface area contributed by atoms with E-state index in [1.807, 2.05) is 6.07 Å². The van der Waals surface area contributed by atoms with Crippen molar-refractivity contribution in [3.8, 4) is 11.9 Å². The van der Waals surface area contributed by atoms with Gasteiger partial charge in [-0.3, -0.25) is 0 Å². The van der Waals surface area contributed by atoms with Crippen LogP contribution in [0.2, 0.25) is 0 Å². The van der Waals surface area contributed by atoms with E-state index in [0.29, 0.717) is 11.4 Å². The van der Waals surface area contributed by atoms with Crippen LogP contribution in [0.4, 0.5) is 0 Å². The maximum Gasteiger partial charge on any atom is 0.214 e. The minimum atomic E-state index is 0.173.